The fourth-order valence-electron chi connectivity index (χ4n) is 2.79. The zero-order valence-electron chi connectivity index (χ0n) is 11.5. The number of phenols is 1. The number of nitrogens with two attached hydrogens (primary N) is 1. The van der Waals surface area contributed by atoms with Crippen molar-refractivity contribution in [1.29, 1.82) is 0 Å². The van der Waals surface area contributed by atoms with Crippen LogP contribution < -0.4 is 5.73 Å². The van der Waals surface area contributed by atoms with Crippen molar-refractivity contribution in [2.24, 2.45) is 11.1 Å². The highest BCUT2D eigenvalue weighted by Gasteiger charge is 2.33. The molecule has 0 amide bonds. The Bertz CT molecular complexity index is 666. The van der Waals surface area contributed by atoms with Gasteiger partial charge in [-0.3, -0.25) is 0 Å². The molecule has 0 saturated heterocycles. The Morgan fingerprint density at radius 2 is 2.20 bits per heavy atom. The minimum atomic E-state index is -0.455. The van der Waals surface area contributed by atoms with Gasteiger partial charge in [0.15, 0.2) is 0 Å². The Morgan fingerprint density at radius 1 is 1.45 bits per heavy atom. The molecule has 0 radical (unpaired) electrons. The van der Waals surface area contributed by atoms with Crippen molar-refractivity contribution in [3.8, 4) is 16.3 Å². The minimum Gasteiger partial charge on any atom is -0.508 e. The summed E-state index contributed by atoms with van der Waals surface area (Å²) in [6.45, 7) is 4.35. The summed E-state index contributed by atoms with van der Waals surface area (Å²) in [6.07, 6.45) is 1.78. The minimum absolute atomic E-state index is 0.0276. The van der Waals surface area contributed by atoms with Crippen LogP contribution in [0.15, 0.2) is 18.2 Å². The van der Waals surface area contributed by atoms with Crippen molar-refractivity contribution >= 4 is 11.3 Å². The number of hydrogen-bond acceptors (Lipinski definition) is 4. The van der Waals surface area contributed by atoms with Crippen LogP contribution >= 0.6 is 11.3 Å². The fourth-order valence-corrected chi connectivity index (χ4v) is 3.90. The van der Waals surface area contributed by atoms with Crippen LogP contribution in [-0.2, 0) is 6.42 Å². The van der Waals surface area contributed by atoms with Crippen LogP contribution in [0.3, 0.4) is 0 Å². The average Bonchev–Trinajstić information content (AvgIpc) is 2.70. The molecule has 1 aliphatic rings. The van der Waals surface area contributed by atoms with Crippen molar-refractivity contribution in [2.75, 3.05) is 0 Å². The van der Waals surface area contributed by atoms with E-state index >= 15 is 0 Å². The Labute approximate surface area is 121 Å². The largest absolute Gasteiger partial charge is 0.508 e. The van der Waals surface area contributed by atoms with Crippen LogP contribution in [0.2, 0.25) is 0 Å². The smallest absolute Gasteiger partial charge is 0.137 e. The highest BCUT2D eigenvalue weighted by Crippen LogP contribution is 2.44. The average molecular weight is 292 g/mol. The highest BCUT2D eigenvalue weighted by molar-refractivity contribution is 7.15. The Hall–Kier alpha value is -1.46. The molecule has 5 heteroatoms. The van der Waals surface area contributed by atoms with E-state index in [0.717, 1.165) is 29.5 Å². The number of fused-ring (bicyclic) bond motifs is 1. The van der Waals surface area contributed by atoms with Gasteiger partial charge in [0.2, 0.25) is 0 Å². The molecular weight excluding hydrogens is 275 g/mol. The summed E-state index contributed by atoms with van der Waals surface area (Å²) in [5.74, 6) is -0.533. The molecule has 2 aromatic rings. The first kappa shape index (κ1) is 13.5. The van der Waals surface area contributed by atoms with Crippen LogP contribution in [0, 0.1) is 11.2 Å². The SMILES string of the molecule is CC1(C)Cc2nc(-c3ccc(O)cc3F)sc2C(N)C1. The van der Waals surface area contributed by atoms with Crippen molar-refractivity contribution in [3.63, 3.8) is 0 Å². The fraction of sp³-hybridized carbons (Fsp3) is 0.400. The molecule has 1 aromatic heterocycles. The van der Waals surface area contributed by atoms with Gasteiger partial charge >= 0.3 is 0 Å². The van der Waals surface area contributed by atoms with E-state index in [2.05, 4.69) is 18.8 Å². The van der Waals surface area contributed by atoms with E-state index in [-0.39, 0.29) is 17.2 Å². The van der Waals surface area contributed by atoms with Crippen molar-refractivity contribution in [3.05, 3.63) is 34.6 Å². The normalized spacial score (nSPS) is 20.7. The van der Waals surface area contributed by atoms with Gasteiger partial charge in [0.05, 0.1) is 5.69 Å². The Morgan fingerprint density at radius 3 is 2.90 bits per heavy atom. The maximum atomic E-state index is 13.9. The van der Waals surface area contributed by atoms with Gasteiger partial charge in [0.25, 0.3) is 0 Å². The lowest BCUT2D eigenvalue weighted by Crippen LogP contribution is -2.28. The number of thiazole rings is 1. The van der Waals surface area contributed by atoms with E-state index in [4.69, 9.17) is 5.73 Å². The molecule has 0 bridgehead atoms. The quantitative estimate of drug-likeness (QED) is 0.844. The van der Waals surface area contributed by atoms with Gasteiger partial charge in [-0.25, -0.2) is 9.37 Å². The van der Waals surface area contributed by atoms with Crippen molar-refractivity contribution in [2.45, 2.75) is 32.7 Å². The number of aromatic nitrogens is 1. The van der Waals surface area contributed by atoms with Gasteiger partial charge in [0, 0.05) is 22.5 Å². The van der Waals surface area contributed by atoms with Crippen LogP contribution in [-0.4, -0.2) is 10.1 Å². The van der Waals surface area contributed by atoms with Crippen molar-refractivity contribution < 1.29 is 9.50 Å². The Kier molecular flexibility index (Phi) is 3.06. The molecule has 1 unspecified atom stereocenters. The highest BCUT2D eigenvalue weighted by atomic mass is 32.1. The first-order valence-corrected chi connectivity index (χ1v) is 7.41. The van der Waals surface area contributed by atoms with E-state index in [1.54, 1.807) is 6.07 Å². The molecule has 0 saturated carbocycles. The molecule has 20 heavy (non-hydrogen) atoms. The van der Waals surface area contributed by atoms with Crippen LogP contribution in [0.5, 0.6) is 5.75 Å². The van der Waals surface area contributed by atoms with Crippen LogP contribution in [0.25, 0.3) is 10.6 Å². The molecule has 0 fully saturated rings. The summed E-state index contributed by atoms with van der Waals surface area (Å²) in [6, 6.07) is 4.12. The summed E-state index contributed by atoms with van der Waals surface area (Å²) in [4.78, 5) is 5.64. The number of nitrogens with zero attached hydrogens (tertiary/aromatic N) is 1. The molecule has 1 aliphatic carbocycles. The molecule has 1 aromatic carbocycles. The number of rotatable bonds is 1. The van der Waals surface area contributed by atoms with Crippen LogP contribution in [0.4, 0.5) is 4.39 Å². The standard InChI is InChI=1S/C15H17FN2OS/c1-15(2)6-11(17)13-12(7-15)18-14(20-13)9-4-3-8(19)5-10(9)16/h3-5,11,19H,6-7,17H2,1-2H3. The molecule has 106 valence electrons. The summed E-state index contributed by atoms with van der Waals surface area (Å²) in [5.41, 5.74) is 7.75. The van der Waals surface area contributed by atoms with Gasteiger partial charge in [0.1, 0.15) is 16.6 Å². The third-order valence-corrected chi connectivity index (χ3v) is 4.93. The second-order valence-electron chi connectivity index (χ2n) is 6.15. The number of phenolic OH excluding ortho intramolecular Hbond substituents is 1. The second-order valence-corrected chi connectivity index (χ2v) is 7.18. The Balaban J connectivity index is 2.06. The van der Waals surface area contributed by atoms with Gasteiger partial charge in [-0.15, -0.1) is 11.3 Å². The summed E-state index contributed by atoms with van der Waals surface area (Å²) < 4.78 is 13.9. The van der Waals surface area contributed by atoms with E-state index in [1.807, 2.05) is 0 Å². The summed E-state index contributed by atoms with van der Waals surface area (Å²) in [7, 11) is 0. The second kappa shape index (κ2) is 4.53. The van der Waals surface area contributed by atoms with Crippen molar-refractivity contribution in [1.82, 2.24) is 4.98 Å². The summed E-state index contributed by atoms with van der Waals surface area (Å²) in [5, 5.41) is 9.92. The maximum absolute atomic E-state index is 13.9. The van der Waals surface area contributed by atoms with Crippen LogP contribution in [0.1, 0.15) is 36.9 Å². The third kappa shape index (κ3) is 2.31. The molecule has 1 heterocycles. The van der Waals surface area contributed by atoms with Gasteiger partial charge in [-0.2, -0.15) is 0 Å². The monoisotopic (exact) mass is 292 g/mol. The van der Waals surface area contributed by atoms with Gasteiger partial charge in [-0.1, -0.05) is 13.8 Å². The number of halogens is 1. The molecule has 1 atom stereocenters. The predicted molar refractivity (Wildman–Crippen MR) is 78.2 cm³/mol. The number of benzene rings is 1. The molecule has 0 aliphatic heterocycles. The van der Waals surface area contributed by atoms with E-state index in [0.29, 0.717) is 10.6 Å². The molecule has 3 N–H and O–H groups in total. The maximum Gasteiger partial charge on any atom is 0.137 e. The lowest BCUT2D eigenvalue weighted by Gasteiger charge is -2.32. The van der Waals surface area contributed by atoms with E-state index in [9.17, 15) is 9.50 Å². The summed E-state index contributed by atoms with van der Waals surface area (Å²) >= 11 is 1.46. The van der Waals surface area contributed by atoms with Gasteiger partial charge < -0.3 is 10.8 Å². The molecule has 3 rings (SSSR count). The topological polar surface area (TPSA) is 59.1 Å². The van der Waals surface area contributed by atoms with Gasteiger partial charge in [-0.05, 0) is 30.4 Å². The number of aromatic hydroxyl groups is 1. The molecular formula is C15H17FN2OS. The predicted octanol–water partition coefficient (Wildman–Crippen LogP) is 3.63. The lowest BCUT2D eigenvalue weighted by atomic mass is 9.77. The first-order valence-electron chi connectivity index (χ1n) is 6.60. The molecule has 3 nitrogen and oxygen atoms in total. The van der Waals surface area contributed by atoms with E-state index in [1.165, 1.54) is 17.4 Å². The molecule has 0 spiro atoms. The zero-order chi connectivity index (χ0) is 14.5. The first-order chi connectivity index (χ1) is 9.35. The zero-order valence-corrected chi connectivity index (χ0v) is 12.3. The number of hydrogen-bond donors (Lipinski definition) is 2. The third-order valence-electron chi connectivity index (χ3n) is 3.67. The lowest BCUT2D eigenvalue weighted by molar-refractivity contribution is 0.282. The van der Waals surface area contributed by atoms with E-state index < -0.39 is 5.82 Å².